The van der Waals surface area contributed by atoms with Gasteiger partial charge >= 0.3 is 5.97 Å². The maximum absolute atomic E-state index is 13.0. The normalized spacial score (nSPS) is 14.7. The SMILES string of the molecule is COC(=O)c1cccc(C(=O)N2CCN(C)Cc3ccccc32)c1. The maximum Gasteiger partial charge on any atom is 0.337 e. The molecule has 5 nitrogen and oxygen atoms in total. The number of hydrogen-bond acceptors (Lipinski definition) is 4. The van der Waals surface area contributed by atoms with E-state index in [1.165, 1.54) is 7.11 Å². The van der Waals surface area contributed by atoms with E-state index in [0.29, 0.717) is 17.7 Å². The standard InChI is InChI=1S/C19H20N2O3/c1-20-10-11-21(17-9-4-3-6-16(17)13-20)18(22)14-7-5-8-15(12-14)19(23)24-2/h3-9,12H,10-11,13H2,1-2H3. The number of methoxy groups -OCH3 is 1. The molecule has 0 unspecified atom stereocenters. The zero-order valence-corrected chi connectivity index (χ0v) is 13.9. The summed E-state index contributed by atoms with van der Waals surface area (Å²) in [5.41, 5.74) is 2.91. The van der Waals surface area contributed by atoms with Gasteiger partial charge in [-0.1, -0.05) is 24.3 Å². The summed E-state index contributed by atoms with van der Waals surface area (Å²) in [6.45, 7) is 2.20. The molecule has 0 radical (unpaired) electrons. The van der Waals surface area contributed by atoms with E-state index in [1.54, 1.807) is 29.2 Å². The number of ether oxygens (including phenoxy) is 1. The average molecular weight is 324 g/mol. The van der Waals surface area contributed by atoms with Gasteiger partial charge in [0.1, 0.15) is 0 Å². The topological polar surface area (TPSA) is 49.9 Å². The number of hydrogen-bond donors (Lipinski definition) is 0. The number of likely N-dealkylation sites (N-methyl/N-ethyl adjacent to an activating group) is 1. The van der Waals surface area contributed by atoms with Gasteiger partial charge < -0.3 is 14.5 Å². The van der Waals surface area contributed by atoms with Crippen molar-refractivity contribution in [3.63, 3.8) is 0 Å². The lowest BCUT2D eigenvalue weighted by Crippen LogP contribution is -2.35. The van der Waals surface area contributed by atoms with Crippen LogP contribution >= 0.6 is 0 Å². The number of carbonyl (C=O) groups excluding carboxylic acids is 2. The van der Waals surface area contributed by atoms with Crippen LogP contribution in [0.3, 0.4) is 0 Å². The molecule has 1 amide bonds. The first kappa shape index (κ1) is 16.2. The number of benzene rings is 2. The Morgan fingerprint density at radius 1 is 1.00 bits per heavy atom. The fourth-order valence-electron chi connectivity index (χ4n) is 2.93. The summed E-state index contributed by atoms with van der Waals surface area (Å²) in [5.74, 6) is -0.552. The molecule has 5 heteroatoms. The number of carbonyl (C=O) groups is 2. The third kappa shape index (κ3) is 3.16. The zero-order chi connectivity index (χ0) is 17.1. The summed E-state index contributed by atoms with van der Waals surface area (Å²) >= 11 is 0. The highest BCUT2D eigenvalue weighted by Gasteiger charge is 2.24. The molecule has 0 aliphatic carbocycles. The first-order chi connectivity index (χ1) is 11.6. The van der Waals surface area contributed by atoms with E-state index in [1.807, 2.05) is 31.3 Å². The van der Waals surface area contributed by atoms with Gasteiger partial charge in [-0.3, -0.25) is 4.79 Å². The van der Waals surface area contributed by atoms with E-state index in [4.69, 9.17) is 4.74 Å². The highest BCUT2D eigenvalue weighted by molar-refractivity contribution is 6.07. The lowest BCUT2D eigenvalue weighted by molar-refractivity contribution is 0.0600. The second-order valence-corrected chi connectivity index (χ2v) is 5.90. The summed E-state index contributed by atoms with van der Waals surface area (Å²) < 4.78 is 4.74. The lowest BCUT2D eigenvalue weighted by atomic mass is 10.1. The Kier molecular flexibility index (Phi) is 4.62. The third-order valence-corrected chi connectivity index (χ3v) is 4.20. The van der Waals surface area contributed by atoms with Crippen LogP contribution in [-0.2, 0) is 11.3 Å². The van der Waals surface area contributed by atoms with E-state index < -0.39 is 5.97 Å². The number of rotatable bonds is 2. The molecule has 0 saturated carbocycles. The Morgan fingerprint density at radius 3 is 2.54 bits per heavy atom. The van der Waals surface area contributed by atoms with Gasteiger partial charge in [-0.2, -0.15) is 0 Å². The predicted octanol–water partition coefficient (Wildman–Crippen LogP) is 2.57. The highest BCUT2D eigenvalue weighted by Crippen LogP contribution is 2.26. The van der Waals surface area contributed by atoms with Crippen LogP contribution in [0.15, 0.2) is 48.5 Å². The molecule has 2 aromatic rings. The Balaban J connectivity index is 1.97. The maximum atomic E-state index is 13.0. The van der Waals surface area contributed by atoms with Crippen molar-refractivity contribution in [2.75, 3.05) is 32.1 Å². The molecule has 2 aromatic carbocycles. The van der Waals surface area contributed by atoms with Gasteiger partial charge in [0.2, 0.25) is 0 Å². The second kappa shape index (κ2) is 6.84. The van der Waals surface area contributed by atoms with E-state index in [0.717, 1.165) is 24.3 Å². The molecule has 1 heterocycles. The van der Waals surface area contributed by atoms with Crippen LogP contribution in [0.2, 0.25) is 0 Å². The Bertz CT molecular complexity index is 773. The van der Waals surface area contributed by atoms with Crippen molar-refractivity contribution < 1.29 is 14.3 Å². The average Bonchev–Trinajstić information content (AvgIpc) is 2.78. The fraction of sp³-hybridized carbons (Fsp3) is 0.263. The van der Waals surface area contributed by atoms with Crippen molar-refractivity contribution in [3.8, 4) is 0 Å². The van der Waals surface area contributed by atoms with Crippen LogP contribution in [0.1, 0.15) is 26.3 Å². The van der Waals surface area contributed by atoms with Gasteiger partial charge in [-0.05, 0) is 36.9 Å². The minimum absolute atomic E-state index is 0.108. The number of para-hydroxylation sites is 1. The number of amides is 1. The quantitative estimate of drug-likeness (QED) is 0.797. The van der Waals surface area contributed by atoms with Gasteiger partial charge in [0.15, 0.2) is 0 Å². The first-order valence-electron chi connectivity index (χ1n) is 7.87. The minimum atomic E-state index is -0.444. The van der Waals surface area contributed by atoms with Gasteiger partial charge in [0, 0.05) is 30.9 Å². The van der Waals surface area contributed by atoms with Gasteiger partial charge in [0.05, 0.1) is 12.7 Å². The van der Waals surface area contributed by atoms with Crippen molar-refractivity contribution in [1.29, 1.82) is 0 Å². The summed E-state index contributed by atoms with van der Waals surface area (Å²) in [5, 5.41) is 0. The second-order valence-electron chi connectivity index (χ2n) is 5.90. The third-order valence-electron chi connectivity index (χ3n) is 4.20. The highest BCUT2D eigenvalue weighted by atomic mass is 16.5. The molecule has 0 bridgehead atoms. The largest absolute Gasteiger partial charge is 0.465 e. The molecule has 0 saturated heterocycles. The first-order valence-corrected chi connectivity index (χ1v) is 7.87. The van der Waals surface area contributed by atoms with Crippen LogP contribution < -0.4 is 4.90 Å². The molecule has 0 spiro atoms. The smallest absolute Gasteiger partial charge is 0.337 e. The lowest BCUT2D eigenvalue weighted by Gasteiger charge is -2.23. The molecule has 1 aliphatic rings. The summed E-state index contributed by atoms with van der Waals surface area (Å²) in [7, 11) is 3.38. The summed E-state index contributed by atoms with van der Waals surface area (Å²) in [6.07, 6.45) is 0. The molecular formula is C19H20N2O3. The van der Waals surface area contributed by atoms with Crippen LogP contribution in [-0.4, -0.2) is 44.0 Å². The van der Waals surface area contributed by atoms with E-state index in [9.17, 15) is 9.59 Å². The number of esters is 1. The Morgan fingerprint density at radius 2 is 1.75 bits per heavy atom. The van der Waals surface area contributed by atoms with Crippen molar-refractivity contribution in [1.82, 2.24) is 4.90 Å². The molecule has 0 aromatic heterocycles. The van der Waals surface area contributed by atoms with Crippen LogP contribution in [0, 0.1) is 0 Å². The molecule has 24 heavy (non-hydrogen) atoms. The number of nitrogens with zero attached hydrogens (tertiary/aromatic N) is 2. The van der Waals surface area contributed by atoms with Gasteiger partial charge in [0.25, 0.3) is 5.91 Å². The van der Waals surface area contributed by atoms with Crippen molar-refractivity contribution in [2.45, 2.75) is 6.54 Å². The van der Waals surface area contributed by atoms with Crippen molar-refractivity contribution in [3.05, 3.63) is 65.2 Å². The van der Waals surface area contributed by atoms with E-state index in [2.05, 4.69) is 4.90 Å². The van der Waals surface area contributed by atoms with E-state index in [-0.39, 0.29) is 5.91 Å². The van der Waals surface area contributed by atoms with Crippen LogP contribution in [0.5, 0.6) is 0 Å². The molecule has 3 rings (SSSR count). The Labute approximate surface area is 141 Å². The summed E-state index contributed by atoms with van der Waals surface area (Å²) in [4.78, 5) is 28.7. The molecule has 0 fully saturated rings. The monoisotopic (exact) mass is 324 g/mol. The predicted molar refractivity (Wildman–Crippen MR) is 92.2 cm³/mol. The van der Waals surface area contributed by atoms with E-state index >= 15 is 0 Å². The van der Waals surface area contributed by atoms with Gasteiger partial charge in [-0.25, -0.2) is 4.79 Å². The van der Waals surface area contributed by atoms with Crippen LogP contribution in [0.25, 0.3) is 0 Å². The zero-order valence-electron chi connectivity index (χ0n) is 13.9. The number of anilines is 1. The van der Waals surface area contributed by atoms with Crippen molar-refractivity contribution >= 4 is 17.6 Å². The minimum Gasteiger partial charge on any atom is -0.465 e. The molecular weight excluding hydrogens is 304 g/mol. The van der Waals surface area contributed by atoms with Crippen LogP contribution in [0.4, 0.5) is 5.69 Å². The fourth-order valence-corrected chi connectivity index (χ4v) is 2.93. The molecule has 0 N–H and O–H groups in total. The molecule has 0 atom stereocenters. The van der Waals surface area contributed by atoms with Gasteiger partial charge in [-0.15, -0.1) is 0 Å². The molecule has 124 valence electrons. The molecule has 1 aliphatic heterocycles. The number of fused-ring (bicyclic) bond motifs is 1. The Hall–Kier alpha value is -2.66. The summed E-state index contributed by atoms with van der Waals surface area (Å²) in [6, 6.07) is 14.6. The van der Waals surface area contributed by atoms with Crippen molar-refractivity contribution in [2.24, 2.45) is 0 Å².